The molecule has 2 heterocycles. The molecule has 0 radical (unpaired) electrons. The molecular formula is C16H17FN6O2. The minimum atomic E-state index is -0.505. The number of hydrogen-bond acceptors (Lipinski definition) is 5. The van der Waals surface area contributed by atoms with E-state index in [4.69, 9.17) is 4.42 Å². The van der Waals surface area contributed by atoms with Gasteiger partial charge in [-0.25, -0.2) is 13.9 Å². The fourth-order valence-corrected chi connectivity index (χ4v) is 2.37. The van der Waals surface area contributed by atoms with E-state index < -0.39 is 11.8 Å². The third kappa shape index (κ3) is 3.82. The lowest BCUT2D eigenvalue weighted by Crippen LogP contribution is -2.28. The Balaban J connectivity index is 1.66. The van der Waals surface area contributed by atoms with Crippen molar-refractivity contribution in [1.29, 1.82) is 0 Å². The Morgan fingerprint density at radius 2 is 2.04 bits per heavy atom. The van der Waals surface area contributed by atoms with Crippen molar-refractivity contribution in [1.82, 2.24) is 25.3 Å². The van der Waals surface area contributed by atoms with Crippen molar-refractivity contribution >= 4 is 11.7 Å². The van der Waals surface area contributed by atoms with E-state index in [9.17, 15) is 9.18 Å². The SMILES string of the molecule is Cc1cc(C)n(-c2ccc(NC(=O)NCc3nnc(C)o3)cc2F)n1. The van der Waals surface area contributed by atoms with Crippen LogP contribution in [0.1, 0.15) is 23.2 Å². The fraction of sp³-hybridized carbons (Fsp3) is 0.250. The Morgan fingerprint density at radius 1 is 1.24 bits per heavy atom. The van der Waals surface area contributed by atoms with Gasteiger partial charge in [0.15, 0.2) is 5.82 Å². The van der Waals surface area contributed by atoms with E-state index in [0.29, 0.717) is 23.2 Å². The van der Waals surface area contributed by atoms with Gasteiger partial charge in [-0.1, -0.05) is 0 Å². The minimum Gasteiger partial charge on any atom is -0.424 e. The van der Waals surface area contributed by atoms with Gasteiger partial charge in [0.05, 0.1) is 12.2 Å². The molecule has 0 unspecified atom stereocenters. The average Bonchev–Trinajstić information content (AvgIpc) is 3.10. The number of carbonyl (C=O) groups excluding carboxylic acids is 1. The van der Waals surface area contributed by atoms with Crippen LogP contribution in [-0.4, -0.2) is 26.0 Å². The van der Waals surface area contributed by atoms with Crippen LogP contribution in [0.5, 0.6) is 0 Å². The number of aryl methyl sites for hydroxylation is 3. The molecule has 3 aromatic rings. The zero-order valence-electron chi connectivity index (χ0n) is 14.0. The van der Waals surface area contributed by atoms with Gasteiger partial charge in [0.1, 0.15) is 5.69 Å². The van der Waals surface area contributed by atoms with Crippen molar-refractivity contribution < 1.29 is 13.6 Å². The van der Waals surface area contributed by atoms with Gasteiger partial charge in [-0.05, 0) is 38.1 Å². The molecule has 0 aliphatic heterocycles. The molecule has 0 fully saturated rings. The van der Waals surface area contributed by atoms with Gasteiger partial charge in [-0.15, -0.1) is 10.2 Å². The average molecular weight is 344 g/mol. The lowest BCUT2D eigenvalue weighted by molar-refractivity contribution is 0.250. The second-order valence-corrected chi connectivity index (χ2v) is 5.53. The summed E-state index contributed by atoms with van der Waals surface area (Å²) in [5, 5.41) is 16.8. The first-order valence-electron chi connectivity index (χ1n) is 7.59. The highest BCUT2D eigenvalue weighted by molar-refractivity contribution is 5.89. The Labute approximate surface area is 143 Å². The smallest absolute Gasteiger partial charge is 0.319 e. The second kappa shape index (κ2) is 6.71. The molecule has 8 nitrogen and oxygen atoms in total. The zero-order chi connectivity index (χ0) is 18.0. The number of urea groups is 1. The molecule has 1 aromatic carbocycles. The van der Waals surface area contributed by atoms with Crippen molar-refractivity contribution in [2.24, 2.45) is 0 Å². The number of hydrogen-bond donors (Lipinski definition) is 2. The van der Waals surface area contributed by atoms with Crippen LogP contribution in [0.25, 0.3) is 5.69 Å². The number of carbonyl (C=O) groups is 1. The standard InChI is InChI=1S/C16H17FN6O2/c1-9-6-10(2)23(22-9)14-5-4-12(7-13(14)17)19-16(24)18-8-15-21-20-11(3)25-15/h4-7H,8H2,1-3H3,(H2,18,19,24). The summed E-state index contributed by atoms with van der Waals surface area (Å²) in [6.07, 6.45) is 0. The molecular weight excluding hydrogens is 327 g/mol. The maximum Gasteiger partial charge on any atom is 0.319 e. The van der Waals surface area contributed by atoms with Gasteiger partial charge in [0.2, 0.25) is 11.8 Å². The van der Waals surface area contributed by atoms with Gasteiger partial charge in [0.25, 0.3) is 0 Å². The Bertz CT molecular complexity index is 917. The molecule has 2 amide bonds. The van der Waals surface area contributed by atoms with Crippen LogP contribution in [0.2, 0.25) is 0 Å². The maximum atomic E-state index is 14.4. The largest absolute Gasteiger partial charge is 0.424 e. The molecule has 0 aliphatic rings. The summed E-state index contributed by atoms with van der Waals surface area (Å²) in [5.41, 5.74) is 2.26. The monoisotopic (exact) mass is 344 g/mol. The second-order valence-electron chi connectivity index (χ2n) is 5.53. The first-order chi connectivity index (χ1) is 11.9. The molecule has 0 aliphatic carbocycles. The molecule has 0 bridgehead atoms. The first kappa shape index (κ1) is 16.6. The molecule has 0 spiro atoms. The maximum absolute atomic E-state index is 14.4. The molecule has 3 rings (SSSR count). The van der Waals surface area contributed by atoms with Crippen molar-refractivity contribution in [3.05, 3.63) is 53.3 Å². The molecule has 0 saturated heterocycles. The van der Waals surface area contributed by atoms with Crippen LogP contribution >= 0.6 is 0 Å². The van der Waals surface area contributed by atoms with Crippen LogP contribution in [0.15, 0.2) is 28.7 Å². The van der Waals surface area contributed by atoms with Gasteiger partial charge in [-0.2, -0.15) is 5.10 Å². The van der Waals surface area contributed by atoms with Gasteiger partial charge in [-0.3, -0.25) is 0 Å². The summed E-state index contributed by atoms with van der Waals surface area (Å²) in [6.45, 7) is 5.42. The van der Waals surface area contributed by atoms with E-state index in [0.717, 1.165) is 11.4 Å². The molecule has 130 valence electrons. The van der Waals surface area contributed by atoms with Crippen molar-refractivity contribution in [2.45, 2.75) is 27.3 Å². The lowest BCUT2D eigenvalue weighted by atomic mass is 10.2. The molecule has 2 N–H and O–H groups in total. The third-order valence-electron chi connectivity index (χ3n) is 3.41. The number of amides is 2. The number of nitrogens with one attached hydrogen (secondary N) is 2. The Hall–Kier alpha value is -3.23. The molecule has 9 heteroatoms. The van der Waals surface area contributed by atoms with E-state index >= 15 is 0 Å². The highest BCUT2D eigenvalue weighted by atomic mass is 19.1. The summed E-state index contributed by atoms with van der Waals surface area (Å²) in [7, 11) is 0. The summed E-state index contributed by atoms with van der Waals surface area (Å²) in [4.78, 5) is 11.9. The first-order valence-corrected chi connectivity index (χ1v) is 7.59. The van der Waals surface area contributed by atoms with Crippen molar-refractivity contribution in [2.75, 3.05) is 5.32 Å². The number of benzene rings is 1. The van der Waals surface area contributed by atoms with Gasteiger partial charge in [0, 0.05) is 18.3 Å². The zero-order valence-corrected chi connectivity index (χ0v) is 14.0. The van der Waals surface area contributed by atoms with Gasteiger partial charge >= 0.3 is 6.03 Å². The van der Waals surface area contributed by atoms with Crippen molar-refractivity contribution in [3.8, 4) is 5.69 Å². The summed E-state index contributed by atoms with van der Waals surface area (Å²) in [5.74, 6) is 0.217. The number of anilines is 1. The summed E-state index contributed by atoms with van der Waals surface area (Å²) >= 11 is 0. The Kier molecular flexibility index (Phi) is 4.46. The molecule has 0 atom stereocenters. The molecule has 25 heavy (non-hydrogen) atoms. The normalized spacial score (nSPS) is 10.7. The van der Waals surface area contributed by atoms with E-state index in [1.807, 2.05) is 19.9 Å². The van der Waals surface area contributed by atoms with Crippen molar-refractivity contribution in [3.63, 3.8) is 0 Å². The van der Waals surface area contributed by atoms with Crippen LogP contribution < -0.4 is 10.6 Å². The Morgan fingerprint density at radius 3 is 2.64 bits per heavy atom. The fourth-order valence-electron chi connectivity index (χ4n) is 2.37. The van der Waals surface area contributed by atoms with E-state index in [1.165, 1.54) is 10.7 Å². The topological polar surface area (TPSA) is 97.9 Å². The highest BCUT2D eigenvalue weighted by Gasteiger charge is 2.11. The predicted molar refractivity (Wildman–Crippen MR) is 87.9 cm³/mol. The summed E-state index contributed by atoms with van der Waals surface area (Å²) < 4.78 is 21.0. The highest BCUT2D eigenvalue weighted by Crippen LogP contribution is 2.19. The quantitative estimate of drug-likeness (QED) is 0.758. The molecule has 2 aromatic heterocycles. The van der Waals surface area contributed by atoms with Crippen LogP contribution in [0.3, 0.4) is 0 Å². The van der Waals surface area contributed by atoms with E-state index in [2.05, 4.69) is 25.9 Å². The van der Waals surface area contributed by atoms with Crippen LogP contribution in [0.4, 0.5) is 14.9 Å². The van der Waals surface area contributed by atoms with Crippen LogP contribution in [-0.2, 0) is 6.54 Å². The lowest BCUT2D eigenvalue weighted by Gasteiger charge is -2.09. The van der Waals surface area contributed by atoms with Crippen LogP contribution in [0, 0.1) is 26.6 Å². The van der Waals surface area contributed by atoms with E-state index in [-0.39, 0.29) is 6.54 Å². The van der Waals surface area contributed by atoms with E-state index in [1.54, 1.807) is 19.1 Å². The number of halogens is 1. The number of aromatic nitrogens is 4. The summed E-state index contributed by atoms with van der Waals surface area (Å²) in [6, 6.07) is 5.76. The third-order valence-corrected chi connectivity index (χ3v) is 3.41. The van der Waals surface area contributed by atoms with Gasteiger partial charge < -0.3 is 15.1 Å². The number of rotatable bonds is 4. The minimum absolute atomic E-state index is 0.0823. The predicted octanol–water partition coefficient (Wildman–Crippen LogP) is 2.64. The molecule has 0 saturated carbocycles. The number of nitrogens with zero attached hydrogens (tertiary/aromatic N) is 4.